The van der Waals surface area contributed by atoms with Gasteiger partial charge in [0.15, 0.2) is 15.6 Å². The minimum atomic E-state index is -3.95. The highest BCUT2D eigenvalue weighted by atomic mass is 32.2. The van der Waals surface area contributed by atoms with E-state index in [-0.39, 0.29) is 31.8 Å². The van der Waals surface area contributed by atoms with E-state index < -0.39 is 50.5 Å². The summed E-state index contributed by atoms with van der Waals surface area (Å²) < 4.78 is 56.6. The lowest BCUT2D eigenvalue weighted by Crippen LogP contribution is -2.48. The van der Waals surface area contributed by atoms with E-state index >= 15 is 8.42 Å². The van der Waals surface area contributed by atoms with E-state index in [0.717, 1.165) is 22.3 Å². The van der Waals surface area contributed by atoms with Crippen LogP contribution in [0.4, 0.5) is 0 Å². The Kier molecular flexibility index (Phi) is 9.40. The molecule has 2 saturated heterocycles. The minimum Gasteiger partial charge on any atom is -0.508 e. The van der Waals surface area contributed by atoms with Crippen LogP contribution in [0.5, 0.6) is 5.75 Å². The Hall–Kier alpha value is -3.53. The summed E-state index contributed by atoms with van der Waals surface area (Å²) in [6.07, 6.45) is -2.69. The van der Waals surface area contributed by atoms with Gasteiger partial charge in [-0.05, 0) is 61.1 Å². The monoisotopic (exact) mass is 628 g/mol. The lowest BCUT2D eigenvalue weighted by Gasteiger charge is -2.32. The van der Waals surface area contributed by atoms with Crippen LogP contribution in [0, 0.1) is 0 Å². The molecule has 0 aromatic heterocycles. The van der Waals surface area contributed by atoms with Crippen LogP contribution in [0.1, 0.15) is 36.1 Å². The second-order valence-corrected chi connectivity index (χ2v) is 14.7. The Morgan fingerprint density at radius 1 is 0.622 bits per heavy atom. The highest BCUT2D eigenvalue weighted by Gasteiger charge is 2.60. The molecule has 4 aromatic carbocycles. The Balaban J connectivity index is 1.46. The zero-order valence-electron chi connectivity index (χ0n) is 25.6. The maximum absolute atomic E-state index is 15.1. The molecule has 45 heavy (non-hydrogen) atoms. The van der Waals surface area contributed by atoms with Crippen LogP contribution in [-0.4, -0.2) is 54.2 Å². The lowest BCUT2D eigenvalue weighted by molar-refractivity contribution is -0.167. The minimum absolute atomic E-state index is 0.0891. The molecule has 0 unspecified atom stereocenters. The summed E-state index contributed by atoms with van der Waals surface area (Å²) in [7, 11) is -3.95. The van der Waals surface area contributed by atoms with E-state index in [4.69, 9.17) is 18.9 Å². The van der Waals surface area contributed by atoms with Gasteiger partial charge < -0.3 is 24.1 Å². The molecule has 2 fully saturated rings. The fourth-order valence-electron chi connectivity index (χ4n) is 6.51. The molecule has 1 N–H and O–H groups in total. The van der Waals surface area contributed by atoms with E-state index in [9.17, 15) is 5.11 Å². The second-order valence-electron chi connectivity index (χ2n) is 12.3. The highest BCUT2D eigenvalue weighted by molar-refractivity contribution is 7.92. The van der Waals surface area contributed by atoms with Crippen LogP contribution < -0.4 is 0 Å². The van der Waals surface area contributed by atoms with Gasteiger partial charge in [-0.3, -0.25) is 0 Å². The average molecular weight is 629 g/mol. The average Bonchev–Trinajstić information content (AvgIpc) is 3.33. The van der Waals surface area contributed by atoms with Gasteiger partial charge in [-0.1, -0.05) is 103 Å². The van der Waals surface area contributed by atoms with Gasteiger partial charge in [0.25, 0.3) is 0 Å². The number of ether oxygens (including phenoxy) is 4. The van der Waals surface area contributed by atoms with E-state index in [0.29, 0.717) is 0 Å². The Bertz CT molecular complexity index is 1640. The molecule has 0 radical (unpaired) electrons. The third kappa shape index (κ3) is 7.32. The molecule has 8 heteroatoms. The zero-order valence-corrected chi connectivity index (χ0v) is 26.4. The molecule has 0 amide bonds. The summed E-state index contributed by atoms with van der Waals surface area (Å²) in [5.74, 6) is -0.881. The predicted molar refractivity (Wildman–Crippen MR) is 172 cm³/mol. The van der Waals surface area contributed by atoms with E-state index in [1.807, 2.05) is 111 Å². The molecule has 0 bridgehead atoms. The number of aromatic hydroxyl groups is 1. The third-order valence-corrected chi connectivity index (χ3v) is 11.1. The Morgan fingerprint density at radius 2 is 1.04 bits per heavy atom. The molecule has 0 saturated carbocycles. The lowest BCUT2D eigenvalue weighted by atomic mass is 9.94. The number of hydrogen-bond acceptors (Lipinski definition) is 7. The van der Waals surface area contributed by atoms with Crippen LogP contribution in [0.25, 0.3) is 0 Å². The van der Waals surface area contributed by atoms with Crippen molar-refractivity contribution < 1.29 is 32.5 Å². The van der Waals surface area contributed by atoms with Crippen molar-refractivity contribution in [3.05, 3.63) is 138 Å². The van der Waals surface area contributed by atoms with Crippen LogP contribution in [0.3, 0.4) is 0 Å². The number of sulfone groups is 1. The summed E-state index contributed by atoms with van der Waals surface area (Å²) in [5.41, 5.74) is 3.44. The normalized spacial score (nSPS) is 27.0. The Morgan fingerprint density at radius 3 is 1.51 bits per heavy atom. The van der Waals surface area contributed by atoms with Crippen molar-refractivity contribution in [2.45, 2.75) is 80.6 Å². The van der Waals surface area contributed by atoms with Gasteiger partial charge >= 0.3 is 0 Å². The first kappa shape index (κ1) is 31.5. The summed E-state index contributed by atoms with van der Waals surface area (Å²) >= 11 is 0. The molecule has 6 rings (SSSR count). The van der Waals surface area contributed by atoms with Gasteiger partial charge in [0, 0.05) is 0 Å². The standard InChI is InChI=1S/C37H40O7S/c1-37(2)43-35-33(41-24-28-17-10-5-11-18-28)31(22-26-13-6-3-7-14-26)45(39,40)32(23-27-15-8-4-9-16-27)34(36(35)44-37)42-25-29-19-12-20-30(38)21-29/h3-21,31-36,38H,22-25H2,1-2H3/t31-,32-,33+,34+,35+,36+/m1/s1. The fourth-order valence-corrected chi connectivity index (χ4v) is 9.03. The molecule has 6 atom stereocenters. The summed E-state index contributed by atoms with van der Waals surface area (Å²) in [6.45, 7) is 3.99. The van der Waals surface area contributed by atoms with Gasteiger partial charge in [-0.2, -0.15) is 0 Å². The maximum Gasteiger partial charge on any atom is 0.164 e. The number of fused-ring (bicyclic) bond motifs is 1. The molecule has 0 spiro atoms. The molecule has 7 nitrogen and oxygen atoms in total. The fraction of sp³-hybridized carbons (Fsp3) is 0.351. The van der Waals surface area contributed by atoms with Gasteiger partial charge in [0.05, 0.1) is 23.7 Å². The first-order valence-corrected chi connectivity index (χ1v) is 17.0. The molecular weight excluding hydrogens is 588 g/mol. The Labute approximate surface area is 265 Å². The number of hydrogen-bond donors (Lipinski definition) is 1. The van der Waals surface area contributed by atoms with Crippen molar-refractivity contribution in [1.82, 2.24) is 0 Å². The van der Waals surface area contributed by atoms with Gasteiger partial charge in [0.2, 0.25) is 0 Å². The van der Waals surface area contributed by atoms with Crippen LogP contribution >= 0.6 is 0 Å². The molecule has 2 aliphatic heterocycles. The predicted octanol–water partition coefficient (Wildman–Crippen LogP) is 6.03. The van der Waals surface area contributed by atoms with Crippen molar-refractivity contribution in [3.8, 4) is 5.75 Å². The van der Waals surface area contributed by atoms with Crippen LogP contribution in [0.15, 0.2) is 115 Å². The summed E-state index contributed by atoms with van der Waals surface area (Å²) in [5, 5.41) is 8.20. The SMILES string of the molecule is CC1(C)O[C@@H]2[C@@H](O1)[C@@H](OCc1cccc(O)c1)[C@@H](Cc1ccccc1)S(=O)(=O)[C@H](Cc1ccccc1)[C@@H]2OCc1ccccc1. The summed E-state index contributed by atoms with van der Waals surface area (Å²) in [6, 6.07) is 35.8. The van der Waals surface area contributed by atoms with E-state index in [2.05, 4.69) is 0 Å². The van der Waals surface area contributed by atoms with Gasteiger partial charge in [-0.25, -0.2) is 8.42 Å². The summed E-state index contributed by atoms with van der Waals surface area (Å²) in [4.78, 5) is 0. The van der Waals surface area contributed by atoms with Crippen LogP contribution in [0.2, 0.25) is 0 Å². The van der Waals surface area contributed by atoms with Crippen molar-refractivity contribution in [2.24, 2.45) is 0 Å². The molecule has 4 aromatic rings. The number of phenolic OH excluding ortho intramolecular Hbond substituents is 1. The largest absolute Gasteiger partial charge is 0.508 e. The van der Waals surface area contributed by atoms with Gasteiger partial charge in [0.1, 0.15) is 30.2 Å². The number of benzene rings is 4. The van der Waals surface area contributed by atoms with Crippen molar-refractivity contribution in [1.29, 1.82) is 0 Å². The van der Waals surface area contributed by atoms with E-state index in [1.165, 1.54) is 0 Å². The maximum atomic E-state index is 15.1. The van der Waals surface area contributed by atoms with E-state index in [1.54, 1.807) is 18.2 Å². The zero-order chi connectivity index (χ0) is 31.4. The number of rotatable bonds is 10. The topological polar surface area (TPSA) is 91.3 Å². The smallest absolute Gasteiger partial charge is 0.164 e. The molecule has 236 valence electrons. The quantitative estimate of drug-likeness (QED) is 0.229. The number of phenols is 1. The van der Waals surface area contributed by atoms with Crippen LogP contribution in [-0.2, 0) is 54.8 Å². The highest BCUT2D eigenvalue weighted by Crippen LogP contribution is 2.43. The molecular formula is C37H40O7S. The molecule has 2 heterocycles. The van der Waals surface area contributed by atoms with Crippen molar-refractivity contribution in [2.75, 3.05) is 0 Å². The first-order chi connectivity index (χ1) is 21.7. The second kappa shape index (κ2) is 13.4. The first-order valence-electron chi connectivity index (χ1n) is 15.4. The third-order valence-electron chi connectivity index (χ3n) is 8.59. The molecule has 2 aliphatic rings. The molecule has 0 aliphatic carbocycles. The van der Waals surface area contributed by atoms with Gasteiger partial charge in [-0.15, -0.1) is 0 Å². The van der Waals surface area contributed by atoms with Crippen molar-refractivity contribution >= 4 is 9.84 Å². The van der Waals surface area contributed by atoms with Crippen molar-refractivity contribution in [3.63, 3.8) is 0 Å².